The normalized spacial score (nSPS) is 29.6. The van der Waals surface area contributed by atoms with Crippen molar-refractivity contribution in [3.63, 3.8) is 0 Å². The van der Waals surface area contributed by atoms with Crippen LogP contribution in [0, 0.1) is 23.6 Å². The fourth-order valence-corrected chi connectivity index (χ4v) is 4.50. The number of rotatable bonds is 4. The minimum Gasteiger partial charge on any atom is -0.381 e. The van der Waals surface area contributed by atoms with Gasteiger partial charge in [-0.05, 0) is 48.3 Å². The lowest BCUT2D eigenvalue weighted by atomic mass is 9.81. The van der Waals surface area contributed by atoms with E-state index in [0.717, 1.165) is 44.6 Å². The number of carbonyl (C=O) groups is 1. The Morgan fingerprint density at radius 3 is 2.77 bits per heavy atom. The van der Waals surface area contributed by atoms with Crippen molar-refractivity contribution in [3.05, 3.63) is 35.6 Å². The maximum atomic E-state index is 13.1. The van der Waals surface area contributed by atoms with Gasteiger partial charge < -0.3 is 4.74 Å². The van der Waals surface area contributed by atoms with Gasteiger partial charge in [0.1, 0.15) is 5.82 Å². The third kappa shape index (κ3) is 4.08. The average Bonchev–Trinajstić information content (AvgIpc) is 3.08. The molecule has 1 amide bonds. The molecule has 3 fully saturated rings. The van der Waals surface area contributed by atoms with E-state index in [0.29, 0.717) is 38.0 Å². The van der Waals surface area contributed by atoms with Gasteiger partial charge >= 0.3 is 0 Å². The maximum Gasteiger partial charge on any atom is 0.246 e. The van der Waals surface area contributed by atoms with Crippen molar-refractivity contribution < 1.29 is 18.8 Å². The standard InChI is InChI=1S/C20H27FN2O3/c21-18-5-3-15(4-6-18)10-22-11-17-14-25-13-16(19(17)12-22)9-20(24)23-7-1-2-8-26-23/h3-6,16-17,19H,1-2,7-14H2/t16-,17-,19+/m1/s1. The summed E-state index contributed by atoms with van der Waals surface area (Å²) in [5, 5.41) is 1.55. The fourth-order valence-electron chi connectivity index (χ4n) is 4.50. The van der Waals surface area contributed by atoms with Crippen LogP contribution in [0.1, 0.15) is 24.8 Å². The number of likely N-dealkylation sites (tertiary alicyclic amines) is 1. The second kappa shape index (κ2) is 8.03. The smallest absolute Gasteiger partial charge is 0.246 e. The zero-order valence-electron chi connectivity index (χ0n) is 15.1. The maximum absolute atomic E-state index is 13.1. The Bertz CT molecular complexity index is 618. The molecule has 26 heavy (non-hydrogen) atoms. The van der Waals surface area contributed by atoms with Gasteiger partial charge in [0.2, 0.25) is 5.91 Å². The summed E-state index contributed by atoms with van der Waals surface area (Å²) in [6.45, 7) is 5.56. The van der Waals surface area contributed by atoms with E-state index in [9.17, 15) is 9.18 Å². The molecule has 6 heteroatoms. The Labute approximate surface area is 154 Å². The molecule has 0 spiro atoms. The van der Waals surface area contributed by atoms with Crippen LogP contribution in [0.4, 0.5) is 4.39 Å². The predicted molar refractivity (Wildman–Crippen MR) is 94.5 cm³/mol. The predicted octanol–water partition coefficient (Wildman–Crippen LogP) is 2.46. The molecule has 3 heterocycles. The number of amides is 1. The largest absolute Gasteiger partial charge is 0.381 e. The fraction of sp³-hybridized carbons (Fsp3) is 0.650. The highest BCUT2D eigenvalue weighted by molar-refractivity contribution is 5.75. The quantitative estimate of drug-likeness (QED) is 0.825. The van der Waals surface area contributed by atoms with E-state index >= 15 is 0 Å². The number of hydrogen-bond acceptors (Lipinski definition) is 4. The molecule has 0 saturated carbocycles. The van der Waals surface area contributed by atoms with Crippen molar-refractivity contribution in [2.75, 3.05) is 39.5 Å². The molecule has 142 valence electrons. The van der Waals surface area contributed by atoms with Crippen molar-refractivity contribution in [1.82, 2.24) is 9.96 Å². The number of fused-ring (bicyclic) bond motifs is 1. The van der Waals surface area contributed by atoms with Gasteiger partial charge in [-0.3, -0.25) is 14.5 Å². The SMILES string of the molecule is O=C(C[C@@H]1COC[C@H]2CN(Cc3ccc(F)cc3)C[C@@H]12)N1CCCCO1. The van der Waals surface area contributed by atoms with Crippen molar-refractivity contribution in [3.8, 4) is 0 Å². The first-order valence-electron chi connectivity index (χ1n) is 9.67. The molecule has 0 unspecified atom stereocenters. The Morgan fingerprint density at radius 2 is 2.00 bits per heavy atom. The third-order valence-electron chi connectivity index (χ3n) is 5.87. The number of nitrogens with zero attached hydrogens (tertiary/aromatic N) is 2. The summed E-state index contributed by atoms with van der Waals surface area (Å²) in [4.78, 5) is 20.5. The van der Waals surface area contributed by atoms with Gasteiger partial charge in [0, 0.05) is 32.6 Å². The molecule has 0 N–H and O–H groups in total. The van der Waals surface area contributed by atoms with Crippen LogP contribution in [0.5, 0.6) is 0 Å². The van der Waals surface area contributed by atoms with Crippen LogP contribution in [0.3, 0.4) is 0 Å². The summed E-state index contributed by atoms with van der Waals surface area (Å²) >= 11 is 0. The summed E-state index contributed by atoms with van der Waals surface area (Å²) in [5.41, 5.74) is 1.13. The summed E-state index contributed by atoms with van der Waals surface area (Å²) in [6.07, 6.45) is 2.55. The molecule has 0 bridgehead atoms. The van der Waals surface area contributed by atoms with Gasteiger partial charge in [-0.1, -0.05) is 12.1 Å². The van der Waals surface area contributed by atoms with Gasteiger partial charge in [0.15, 0.2) is 0 Å². The van der Waals surface area contributed by atoms with Crippen molar-refractivity contribution in [2.24, 2.45) is 17.8 Å². The van der Waals surface area contributed by atoms with Crippen LogP contribution in [0.15, 0.2) is 24.3 Å². The van der Waals surface area contributed by atoms with Crippen LogP contribution in [-0.4, -0.2) is 55.3 Å². The van der Waals surface area contributed by atoms with E-state index in [-0.39, 0.29) is 17.6 Å². The highest BCUT2D eigenvalue weighted by Gasteiger charge is 2.42. The molecule has 0 radical (unpaired) electrons. The molecule has 3 aliphatic heterocycles. The molecule has 1 aromatic carbocycles. The number of halogens is 1. The highest BCUT2D eigenvalue weighted by atomic mass is 19.1. The molecule has 5 nitrogen and oxygen atoms in total. The lowest BCUT2D eigenvalue weighted by molar-refractivity contribution is -0.199. The van der Waals surface area contributed by atoms with Crippen LogP contribution in [0.2, 0.25) is 0 Å². The van der Waals surface area contributed by atoms with Gasteiger partial charge in [-0.15, -0.1) is 0 Å². The van der Waals surface area contributed by atoms with Crippen LogP contribution < -0.4 is 0 Å². The first-order chi connectivity index (χ1) is 12.7. The lowest BCUT2D eigenvalue weighted by Crippen LogP contribution is -2.41. The minimum atomic E-state index is -0.198. The van der Waals surface area contributed by atoms with E-state index in [4.69, 9.17) is 9.57 Å². The molecule has 0 aliphatic carbocycles. The van der Waals surface area contributed by atoms with E-state index in [1.165, 1.54) is 12.1 Å². The van der Waals surface area contributed by atoms with Crippen molar-refractivity contribution >= 4 is 5.91 Å². The Kier molecular flexibility index (Phi) is 5.52. The molecule has 3 aliphatic rings. The molecular formula is C20H27FN2O3. The van der Waals surface area contributed by atoms with Crippen LogP contribution in [-0.2, 0) is 20.9 Å². The Hall–Kier alpha value is -1.50. The lowest BCUT2D eigenvalue weighted by Gasteiger charge is -2.34. The molecule has 1 aromatic rings. The molecule has 0 aromatic heterocycles. The Balaban J connectivity index is 1.35. The molecule has 3 saturated heterocycles. The second-order valence-electron chi connectivity index (χ2n) is 7.78. The average molecular weight is 362 g/mol. The van der Waals surface area contributed by atoms with E-state index in [1.54, 1.807) is 5.06 Å². The minimum absolute atomic E-state index is 0.0935. The first kappa shape index (κ1) is 17.9. The third-order valence-corrected chi connectivity index (χ3v) is 5.87. The molecular weight excluding hydrogens is 335 g/mol. The summed E-state index contributed by atoms with van der Waals surface area (Å²) in [5.74, 6) is 1.11. The van der Waals surface area contributed by atoms with E-state index in [1.807, 2.05) is 12.1 Å². The molecule has 4 rings (SSSR count). The Morgan fingerprint density at radius 1 is 1.15 bits per heavy atom. The number of carbonyl (C=O) groups excluding carboxylic acids is 1. The number of hydroxylamine groups is 2. The monoisotopic (exact) mass is 362 g/mol. The van der Waals surface area contributed by atoms with Gasteiger partial charge in [0.05, 0.1) is 19.8 Å². The van der Waals surface area contributed by atoms with Crippen LogP contribution >= 0.6 is 0 Å². The van der Waals surface area contributed by atoms with Crippen LogP contribution in [0.25, 0.3) is 0 Å². The van der Waals surface area contributed by atoms with E-state index in [2.05, 4.69) is 4.90 Å². The summed E-state index contributed by atoms with van der Waals surface area (Å²) in [6, 6.07) is 6.73. The summed E-state index contributed by atoms with van der Waals surface area (Å²) in [7, 11) is 0. The van der Waals surface area contributed by atoms with Crippen molar-refractivity contribution in [1.29, 1.82) is 0 Å². The van der Waals surface area contributed by atoms with Gasteiger partial charge in [0.25, 0.3) is 0 Å². The zero-order valence-corrected chi connectivity index (χ0v) is 15.1. The summed E-state index contributed by atoms with van der Waals surface area (Å²) < 4.78 is 18.9. The number of hydrogen-bond donors (Lipinski definition) is 0. The topological polar surface area (TPSA) is 42.0 Å². The first-order valence-corrected chi connectivity index (χ1v) is 9.67. The second-order valence-corrected chi connectivity index (χ2v) is 7.78. The zero-order chi connectivity index (χ0) is 17.9. The molecule has 3 atom stereocenters. The highest BCUT2D eigenvalue weighted by Crippen LogP contribution is 2.36. The van der Waals surface area contributed by atoms with Gasteiger partial charge in [-0.2, -0.15) is 0 Å². The van der Waals surface area contributed by atoms with Gasteiger partial charge in [-0.25, -0.2) is 9.45 Å². The van der Waals surface area contributed by atoms with E-state index < -0.39 is 0 Å². The van der Waals surface area contributed by atoms with Crippen molar-refractivity contribution in [2.45, 2.75) is 25.8 Å². The number of ether oxygens (including phenoxy) is 1. The number of benzene rings is 1.